The van der Waals surface area contributed by atoms with E-state index < -0.39 is 0 Å². The quantitative estimate of drug-likeness (QED) is 0.362. The van der Waals surface area contributed by atoms with Gasteiger partial charge in [0.15, 0.2) is 0 Å². The van der Waals surface area contributed by atoms with E-state index in [1.54, 1.807) is 0 Å². The molecule has 4 aromatic rings. The van der Waals surface area contributed by atoms with E-state index in [1.807, 2.05) is 22.7 Å². The third kappa shape index (κ3) is 2.11. The minimum absolute atomic E-state index is 1.28. The van der Waals surface area contributed by atoms with E-state index in [0.717, 1.165) is 0 Å². The Kier molecular flexibility index (Phi) is 3.36. The van der Waals surface area contributed by atoms with Crippen molar-refractivity contribution in [3.63, 3.8) is 0 Å². The minimum atomic E-state index is 1.28. The van der Waals surface area contributed by atoms with Gasteiger partial charge in [0.25, 0.3) is 0 Å². The highest BCUT2D eigenvalue weighted by molar-refractivity contribution is 7.36. The summed E-state index contributed by atoms with van der Waals surface area (Å²) in [4.78, 5) is 0. The molecular formula is C20H16S2. The molecule has 0 aliphatic rings. The van der Waals surface area contributed by atoms with Crippen LogP contribution in [-0.4, -0.2) is 0 Å². The molecule has 0 fully saturated rings. The zero-order valence-electron chi connectivity index (χ0n) is 12.6. The van der Waals surface area contributed by atoms with Crippen molar-refractivity contribution in [2.45, 2.75) is 13.8 Å². The second-order valence-corrected chi connectivity index (χ2v) is 7.48. The molecular weight excluding hydrogens is 304 g/mol. The summed E-state index contributed by atoms with van der Waals surface area (Å²) >= 11 is 3.83. The molecule has 2 aromatic carbocycles. The van der Waals surface area contributed by atoms with E-state index in [2.05, 4.69) is 74.5 Å². The Labute approximate surface area is 138 Å². The maximum absolute atomic E-state index is 2.30. The van der Waals surface area contributed by atoms with Crippen LogP contribution >= 0.6 is 22.7 Å². The SMILES string of the molecule is C/C=C/c1ccc2c(c1)sc1c3ccc(/C=C/C)cc3sc21. The Morgan fingerprint density at radius 2 is 1.14 bits per heavy atom. The Hall–Kier alpha value is -1.90. The van der Waals surface area contributed by atoms with Crippen LogP contribution in [0.25, 0.3) is 41.7 Å². The van der Waals surface area contributed by atoms with Gasteiger partial charge in [0, 0.05) is 20.2 Å². The van der Waals surface area contributed by atoms with Crippen molar-refractivity contribution in [2.75, 3.05) is 0 Å². The van der Waals surface area contributed by atoms with Gasteiger partial charge in [0.05, 0.1) is 9.40 Å². The van der Waals surface area contributed by atoms with E-state index >= 15 is 0 Å². The van der Waals surface area contributed by atoms with Crippen molar-refractivity contribution < 1.29 is 0 Å². The number of fused-ring (bicyclic) bond motifs is 5. The summed E-state index contributed by atoms with van der Waals surface area (Å²) in [7, 11) is 0. The summed E-state index contributed by atoms with van der Waals surface area (Å²) < 4.78 is 5.63. The number of benzene rings is 2. The van der Waals surface area contributed by atoms with Crippen LogP contribution in [-0.2, 0) is 0 Å². The van der Waals surface area contributed by atoms with Gasteiger partial charge >= 0.3 is 0 Å². The maximum atomic E-state index is 2.30. The molecule has 0 saturated carbocycles. The minimum Gasteiger partial charge on any atom is -0.134 e. The number of thiophene rings is 2. The van der Waals surface area contributed by atoms with Crippen LogP contribution in [0.2, 0.25) is 0 Å². The fraction of sp³-hybridized carbons (Fsp3) is 0.100. The first-order valence-electron chi connectivity index (χ1n) is 7.44. The normalized spacial score (nSPS) is 12.6. The molecule has 0 bridgehead atoms. The molecule has 108 valence electrons. The molecule has 0 spiro atoms. The molecule has 2 aromatic heterocycles. The molecule has 0 N–H and O–H groups in total. The molecule has 0 nitrogen and oxygen atoms in total. The first-order chi connectivity index (χ1) is 10.8. The first kappa shape index (κ1) is 13.7. The van der Waals surface area contributed by atoms with Crippen LogP contribution in [0.5, 0.6) is 0 Å². The lowest BCUT2D eigenvalue weighted by molar-refractivity contribution is 1.72. The summed E-state index contributed by atoms with van der Waals surface area (Å²) in [5.41, 5.74) is 2.56. The van der Waals surface area contributed by atoms with Gasteiger partial charge in [-0.2, -0.15) is 0 Å². The van der Waals surface area contributed by atoms with Gasteiger partial charge in [-0.3, -0.25) is 0 Å². The fourth-order valence-electron chi connectivity index (χ4n) is 2.88. The molecule has 4 rings (SSSR count). The van der Waals surface area contributed by atoms with Crippen molar-refractivity contribution in [3.8, 4) is 0 Å². The smallest absolute Gasteiger partial charge is 0.0542 e. The van der Waals surface area contributed by atoms with Crippen LogP contribution in [0, 0.1) is 0 Å². The molecule has 0 saturated heterocycles. The molecule has 0 unspecified atom stereocenters. The number of allylic oxidation sites excluding steroid dienone is 2. The fourth-order valence-corrected chi connectivity index (χ4v) is 5.63. The van der Waals surface area contributed by atoms with E-state index in [-0.39, 0.29) is 0 Å². The predicted molar refractivity (Wildman–Crippen MR) is 104 cm³/mol. The Balaban J connectivity index is 2.00. The molecule has 22 heavy (non-hydrogen) atoms. The lowest BCUT2D eigenvalue weighted by Gasteiger charge is -1.95. The highest BCUT2D eigenvalue weighted by Crippen LogP contribution is 2.44. The van der Waals surface area contributed by atoms with Gasteiger partial charge < -0.3 is 0 Å². The van der Waals surface area contributed by atoms with Gasteiger partial charge in [0.1, 0.15) is 0 Å². The van der Waals surface area contributed by atoms with E-state index in [0.29, 0.717) is 0 Å². The second-order valence-electron chi connectivity index (χ2n) is 5.37. The molecule has 0 aliphatic carbocycles. The first-order valence-corrected chi connectivity index (χ1v) is 9.07. The van der Waals surface area contributed by atoms with Gasteiger partial charge in [-0.05, 0) is 37.1 Å². The highest BCUT2D eigenvalue weighted by Gasteiger charge is 2.12. The lowest BCUT2D eigenvalue weighted by atomic mass is 10.1. The van der Waals surface area contributed by atoms with Crippen LogP contribution in [0.15, 0.2) is 48.6 Å². The third-order valence-electron chi connectivity index (χ3n) is 3.85. The average molecular weight is 320 g/mol. The summed E-state index contributed by atoms with van der Waals surface area (Å²) in [5.74, 6) is 0. The Bertz CT molecular complexity index is 956. The summed E-state index contributed by atoms with van der Waals surface area (Å²) in [5, 5.41) is 2.78. The van der Waals surface area contributed by atoms with Crippen LogP contribution in [0.1, 0.15) is 25.0 Å². The van der Waals surface area contributed by atoms with Crippen molar-refractivity contribution in [3.05, 3.63) is 59.7 Å². The van der Waals surface area contributed by atoms with Crippen molar-refractivity contribution in [1.29, 1.82) is 0 Å². The van der Waals surface area contributed by atoms with Crippen LogP contribution < -0.4 is 0 Å². The molecule has 0 amide bonds. The number of hydrogen-bond donors (Lipinski definition) is 0. The number of rotatable bonds is 2. The third-order valence-corrected chi connectivity index (χ3v) is 6.35. The largest absolute Gasteiger partial charge is 0.134 e. The van der Waals surface area contributed by atoms with Gasteiger partial charge in [-0.1, -0.05) is 48.6 Å². The van der Waals surface area contributed by atoms with E-state index in [9.17, 15) is 0 Å². The highest BCUT2D eigenvalue weighted by atomic mass is 32.1. The van der Waals surface area contributed by atoms with Crippen molar-refractivity contribution in [2.24, 2.45) is 0 Å². The predicted octanol–water partition coefficient (Wildman–Crippen LogP) is 7.34. The zero-order chi connectivity index (χ0) is 15.1. The monoisotopic (exact) mass is 320 g/mol. The maximum Gasteiger partial charge on any atom is 0.0542 e. The number of hydrogen-bond acceptors (Lipinski definition) is 2. The van der Waals surface area contributed by atoms with Gasteiger partial charge in [-0.15, -0.1) is 22.7 Å². The summed E-state index contributed by atoms with van der Waals surface area (Å²) in [6, 6.07) is 13.6. The topological polar surface area (TPSA) is 0 Å². The molecule has 0 radical (unpaired) electrons. The second kappa shape index (κ2) is 5.38. The van der Waals surface area contributed by atoms with Crippen molar-refractivity contribution >= 4 is 64.4 Å². The Morgan fingerprint density at radius 3 is 1.55 bits per heavy atom. The van der Waals surface area contributed by atoms with E-state index in [4.69, 9.17) is 0 Å². The lowest BCUT2D eigenvalue weighted by Crippen LogP contribution is -1.70. The van der Waals surface area contributed by atoms with Crippen LogP contribution in [0.4, 0.5) is 0 Å². The van der Waals surface area contributed by atoms with Gasteiger partial charge in [-0.25, -0.2) is 0 Å². The molecule has 0 aliphatic heterocycles. The molecule has 2 heteroatoms. The molecule has 0 atom stereocenters. The summed E-state index contributed by atoms with van der Waals surface area (Å²) in [6.07, 6.45) is 8.51. The molecule has 2 heterocycles. The van der Waals surface area contributed by atoms with E-state index in [1.165, 1.54) is 40.7 Å². The van der Waals surface area contributed by atoms with Crippen LogP contribution in [0.3, 0.4) is 0 Å². The zero-order valence-corrected chi connectivity index (χ0v) is 14.2. The van der Waals surface area contributed by atoms with Crippen molar-refractivity contribution in [1.82, 2.24) is 0 Å². The standard InChI is InChI=1S/C20H16S2/c1-3-5-13-7-9-15-17(11-13)21-20-16-10-8-14(6-4-2)12-18(16)22-19(15)20/h3-12H,1-2H3/b5-3+,6-4+. The Morgan fingerprint density at radius 1 is 0.682 bits per heavy atom. The van der Waals surface area contributed by atoms with Gasteiger partial charge in [0.2, 0.25) is 0 Å². The average Bonchev–Trinajstić information content (AvgIpc) is 3.03. The summed E-state index contributed by atoms with van der Waals surface area (Å²) in [6.45, 7) is 4.13.